The summed E-state index contributed by atoms with van der Waals surface area (Å²) in [5.41, 5.74) is 0. The van der Waals surface area contributed by atoms with Gasteiger partial charge in [-0.15, -0.1) is 0 Å². The minimum Gasteiger partial charge on any atom is -1.00 e. The average Bonchev–Trinajstić information content (AvgIpc) is 1.69. The van der Waals surface area contributed by atoms with E-state index in [9.17, 15) is 0 Å². The first-order valence-corrected chi connectivity index (χ1v) is 3.47. The first kappa shape index (κ1) is 22.5. The van der Waals surface area contributed by atoms with Gasteiger partial charge in [-0.3, -0.25) is 0 Å². The molecule has 0 aromatic rings. The minimum atomic E-state index is 0. The molecule has 1 nitrogen and oxygen atoms in total. The summed E-state index contributed by atoms with van der Waals surface area (Å²) >= 11 is 3.27. The van der Waals surface area contributed by atoms with Crippen LogP contribution >= 0.6 is 15.9 Å². The molecule has 0 fully saturated rings. The zero-order valence-electron chi connectivity index (χ0n) is 6.24. The van der Waals surface area contributed by atoms with E-state index < -0.39 is 0 Å². The van der Waals surface area contributed by atoms with Crippen LogP contribution in [0.15, 0.2) is 0 Å². The van der Waals surface area contributed by atoms with Crippen molar-refractivity contribution in [3.63, 3.8) is 0 Å². The molecule has 0 spiro atoms. The zero-order valence-corrected chi connectivity index (χ0v) is 11.5. The number of alkyl halides is 1. The van der Waals surface area contributed by atoms with Crippen molar-refractivity contribution in [1.29, 1.82) is 5.26 Å². The summed E-state index contributed by atoms with van der Waals surface area (Å²) in [4.78, 5) is 0. The van der Waals surface area contributed by atoms with Crippen LogP contribution in [0, 0.1) is 11.3 Å². The second-order valence-electron chi connectivity index (χ2n) is 1.30. The molecule has 5 heteroatoms. The van der Waals surface area contributed by atoms with Gasteiger partial charge in [0, 0.05) is 31.2 Å². The number of rotatable bonds is 3. The number of hydrogen-bond donors (Lipinski definition) is 0. The van der Waals surface area contributed by atoms with Gasteiger partial charge in [0.1, 0.15) is 0 Å². The molecule has 0 bridgehead atoms. The van der Waals surface area contributed by atoms with Gasteiger partial charge in [0.2, 0.25) is 0 Å². The van der Waals surface area contributed by atoms with Crippen LogP contribution in [0.5, 0.6) is 0 Å². The van der Waals surface area contributed by atoms with Gasteiger partial charge in [-0.2, -0.15) is 5.26 Å². The molecule has 0 N–H and O–H groups in total. The third-order valence-electron chi connectivity index (χ3n) is 0.672. The summed E-state index contributed by atoms with van der Waals surface area (Å²) in [6, 6.07) is 2.08. The van der Waals surface area contributed by atoms with Crippen LogP contribution in [0.25, 0.3) is 0 Å². The molecule has 0 aromatic carbocycles. The smallest absolute Gasteiger partial charge is 1.00 e. The molecular weight excluding hydrogens is 262 g/mol. The van der Waals surface area contributed by atoms with E-state index in [0.29, 0.717) is 6.42 Å². The molecule has 0 rings (SSSR count). The third kappa shape index (κ3) is 22.7. The van der Waals surface area contributed by atoms with Gasteiger partial charge in [0.15, 0.2) is 0 Å². The minimum absolute atomic E-state index is 0. The van der Waals surface area contributed by atoms with Crippen molar-refractivity contribution in [1.82, 2.24) is 0 Å². The largest absolute Gasteiger partial charge is 1.00 e. The molecule has 0 aliphatic heterocycles. The molecule has 50 valence electrons. The van der Waals surface area contributed by atoms with Gasteiger partial charge in [-0.1, -0.05) is 15.9 Å². The number of hydrogen-bond acceptors (Lipinski definition) is 1. The summed E-state index contributed by atoms with van der Waals surface area (Å²) in [7, 11) is 0. The van der Waals surface area contributed by atoms with E-state index in [0.717, 1.165) is 18.2 Å². The van der Waals surface area contributed by atoms with Crippen LogP contribution in [-0.4, -0.2) is 5.33 Å². The second-order valence-corrected chi connectivity index (χ2v) is 2.10. The number of nitrogens with zero attached hydrogens (tertiary/aromatic N) is 1. The number of nitriles is 1. The summed E-state index contributed by atoms with van der Waals surface area (Å²) < 4.78 is 0. The molecule has 10 heavy (non-hydrogen) atoms. The second kappa shape index (κ2) is 22.4. The van der Waals surface area contributed by atoms with Crippen molar-refractivity contribution in [2.45, 2.75) is 19.3 Å². The Kier molecular flexibility index (Phi) is 50.5. The predicted molar refractivity (Wildman–Crippen MR) is 33.3 cm³/mol. The van der Waals surface area contributed by atoms with Gasteiger partial charge >= 0.3 is 18.9 Å². The Balaban J connectivity index is -0.0000000600. The van der Waals surface area contributed by atoms with Crippen LogP contribution in [0.4, 0.5) is 0 Å². The van der Waals surface area contributed by atoms with Crippen molar-refractivity contribution in [3.8, 4) is 6.07 Å². The fourth-order valence-electron chi connectivity index (χ4n) is 0.299. The first-order chi connectivity index (χ1) is 3.41. The molecule has 0 aromatic heterocycles. The molecule has 0 saturated carbocycles. The van der Waals surface area contributed by atoms with Crippen LogP contribution in [0.2, 0.25) is 0 Å². The molecule has 0 heterocycles. The maximum Gasteiger partial charge on any atom is 1.00 e. The molecule has 0 aliphatic carbocycles. The number of unbranched alkanes of at least 4 members (excludes halogenated alkanes) is 2. The SMILES string of the molecule is N#CCCCCBr.[Cl-].[Li+].[Zn]. The standard InChI is InChI=1S/C5H8BrN.ClH.Li.Zn/c6-4-2-1-3-5-7;;;/h1-4H2;1H;;/q;;+1;/p-1. The Hall–Kier alpha value is 1.48. The summed E-state index contributed by atoms with van der Waals surface area (Å²) in [5.74, 6) is 0. The Morgan fingerprint density at radius 1 is 1.30 bits per heavy atom. The van der Waals surface area contributed by atoms with Gasteiger partial charge in [0.05, 0.1) is 6.07 Å². The molecule has 0 radical (unpaired) electrons. The molecule has 0 unspecified atom stereocenters. The van der Waals surface area contributed by atoms with Gasteiger partial charge in [0.25, 0.3) is 0 Å². The molecule has 0 amide bonds. The maximum absolute atomic E-state index is 8.03. The van der Waals surface area contributed by atoms with Crippen molar-refractivity contribution >= 4 is 15.9 Å². The van der Waals surface area contributed by atoms with Gasteiger partial charge in [-0.25, -0.2) is 0 Å². The molecule has 0 saturated heterocycles. The van der Waals surface area contributed by atoms with Crippen LogP contribution in [0.3, 0.4) is 0 Å². The van der Waals surface area contributed by atoms with E-state index in [2.05, 4.69) is 22.0 Å². The fraction of sp³-hybridized carbons (Fsp3) is 0.800. The fourth-order valence-corrected chi connectivity index (χ4v) is 0.695. The molecular formula is C5H8BrClLiNZn. The van der Waals surface area contributed by atoms with Crippen molar-refractivity contribution in [2.75, 3.05) is 5.33 Å². The normalized spacial score (nSPS) is 5.60. The number of halogens is 2. The molecule has 0 aliphatic rings. The summed E-state index contributed by atoms with van der Waals surface area (Å²) in [5, 5.41) is 9.05. The van der Waals surface area contributed by atoms with E-state index in [1.807, 2.05) is 0 Å². The molecule has 0 atom stereocenters. The van der Waals surface area contributed by atoms with E-state index in [1.165, 1.54) is 0 Å². The Labute approximate surface area is 102 Å². The third-order valence-corrected chi connectivity index (χ3v) is 1.23. The van der Waals surface area contributed by atoms with Crippen molar-refractivity contribution < 1.29 is 50.7 Å². The van der Waals surface area contributed by atoms with Crippen molar-refractivity contribution in [3.05, 3.63) is 0 Å². The maximum atomic E-state index is 8.03. The summed E-state index contributed by atoms with van der Waals surface area (Å²) in [6.45, 7) is 0. The van der Waals surface area contributed by atoms with E-state index in [-0.39, 0.29) is 50.7 Å². The van der Waals surface area contributed by atoms with Crippen molar-refractivity contribution in [2.24, 2.45) is 0 Å². The Bertz CT molecular complexity index is 78.5. The topological polar surface area (TPSA) is 23.8 Å². The van der Waals surface area contributed by atoms with Gasteiger partial charge in [-0.05, 0) is 12.8 Å². The van der Waals surface area contributed by atoms with E-state index >= 15 is 0 Å². The first-order valence-electron chi connectivity index (χ1n) is 2.34. The summed E-state index contributed by atoms with van der Waals surface area (Å²) in [6.07, 6.45) is 2.85. The quantitative estimate of drug-likeness (QED) is 0.292. The van der Waals surface area contributed by atoms with Gasteiger partial charge < -0.3 is 12.4 Å². The average molecular weight is 270 g/mol. The van der Waals surface area contributed by atoms with Crippen LogP contribution < -0.4 is 31.3 Å². The monoisotopic (exact) mass is 267 g/mol. The van der Waals surface area contributed by atoms with E-state index in [1.54, 1.807) is 0 Å². The zero-order chi connectivity index (χ0) is 5.54. The predicted octanol–water partition coefficient (Wildman–Crippen LogP) is -3.92. The Morgan fingerprint density at radius 2 is 1.80 bits per heavy atom. The Morgan fingerprint density at radius 3 is 2.10 bits per heavy atom. The van der Waals surface area contributed by atoms with Crippen LogP contribution in [0.1, 0.15) is 19.3 Å². The van der Waals surface area contributed by atoms with E-state index in [4.69, 9.17) is 5.26 Å². The van der Waals surface area contributed by atoms with Crippen LogP contribution in [-0.2, 0) is 19.5 Å².